The van der Waals surface area contributed by atoms with Crippen LogP contribution in [-0.4, -0.2) is 52.6 Å². The molecule has 0 spiro atoms. The molecule has 1 amide bonds. The Balaban J connectivity index is 1.58. The third-order valence-corrected chi connectivity index (χ3v) is 5.92. The van der Waals surface area contributed by atoms with Gasteiger partial charge in [0.25, 0.3) is 0 Å². The van der Waals surface area contributed by atoms with Crippen LogP contribution in [0, 0.1) is 11.8 Å². The van der Waals surface area contributed by atoms with E-state index in [4.69, 9.17) is 0 Å². The lowest BCUT2D eigenvalue weighted by Crippen LogP contribution is -2.55. The summed E-state index contributed by atoms with van der Waals surface area (Å²) in [5.74, 6) is 0.837. The van der Waals surface area contributed by atoms with E-state index < -0.39 is 6.10 Å². The lowest BCUT2D eigenvalue weighted by atomic mass is 9.83. The summed E-state index contributed by atoms with van der Waals surface area (Å²) in [6, 6.07) is 11.3. The van der Waals surface area contributed by atoms with E-state index in [0.717, 1.165) is 32.6 Å². The number of hydrogen-bond acceptors (Lipinski definition) is 3. The van der Waals surface area contributed by atoms with Crippen LogP contribution in [-0.2, 0) is 11.3 Å². The molecule has 2 fully saturated rings. The summed E-state index contributed by atoms with van der Waals surface area (Å²) < 4.78 is 0. The van der Waals surface area contributed by atoms with Gasteiger partial charge in [0.15, 0.2) is 0 Å². The molecule has 2 aliphatic heterocycles. The monoisotopic (exact) mass is 344 g/mol. The molecule has 1 N–H and O–H groups in total. The van der Waals surface area contributed by atoms with Crippen molar-refractivity contribution >= 4 is 5.91 Å². The molecule has 3 rings (SSSR count). The number of benzene rings is 1. The Kier molecular flexibility index (Phi) is 6.13. The average molecular weight is 344 g/mol. The van der Waals surface area contributed by atoms with Crippen molar-refractivity contribution in [1.82, 2.24) is 9.80 Å². The highest BCUT2D eigenvalue weighted by molar-refractivity contribution is 5.76. The zero-order valence-electron chi connectivity index (χ0n) is 15.6. The van der Waals surface area contributed by atoms with E-state index >= 15 is 0 Å². The van der Waals surface area contributed by atoms with Crippen LogP contribution in [0.2, 0.25) is 0 Å². The van der Waals surface area contributed by atoms with Crippen molar-refractivity contribution in [3.05, 3.63) is 35.9 Å². The van der Waals surface area contributed by atoms with Gasteiger partial charge < -0.3 is 10.0 Å². The van der Waals surface area contributed by atoms with Crippen LogP contribution in [0.5, 0.6) is 0 Å². The molecule has 4 heteroatoms. The minimum atomic E-state index is -0.522. The maximum absolute atomic E-state index is 12.5. The van der Waals surface area contributed by atoms with Gasteiger partial charge in [-0.2, -0.15) is 0 Å². The largest absolute Gasteiger partial charge is 0.392 e. The van der Waals surface area contributed by atoms with E-state index in [9.17, 15) is 9.90 Å². The van der Waals surface area contributed by atoms with Crippen molar-refractivity contribution in [2.24, 2.45) is 11.8 Å². The topological polar surface area (TPSA) is 43.8 Å². The number of fused-ring (bicyclic) bond motifs is 1. The Labute approximate surface area is 151 Å². The van der Waals surface area contributed by atoms with E-state index in [1.54, 1.807) is 0 Å². The molecule has 25 heavy (non-hydrogen) atoms. The Bertz CT molecular complexity index is 560. The fourth-order valence-electron chi connectivity index (χ4n) is 4.29. The first-order chi connectivity index (χ1) is 12.0. The van der Waals surface area contributed by atoms with Gasteiger partial charge in [-0.05, 0) is 43.2 Å². The normalized spacial score (nSPS) is 25.7. The maximum atomic E-state index is 12.5. The van der Waals surface area contributed by atoms with Crippen LogP contribution < -0.4 is 0 Å². The number of likely N-dealkylation sites (tertiary alicyclic amines) is 2. The molecule has 1 aromatic carbocycles. The molecule has 2 saturated heterocycles. The molecule has 2 aliphatic rings. The quantitative estimate of drug-likeness (QED) is 0.893. The molecule has 0 bridgehead atoms. The molecule has 3 atom stereocenters. The molecule has 4 nitrogen and oxygen atoms in total. The van der Waals surface area contributed by atoms with Gasteiger partial charge in [-0.1, -0.05) is 44.2 Å². The maximum Gasteiger partial charge on any atom is 0.225 e. The standard InChI is InChI=1S/C21H32N2O2/c1-16(2)20(24)13-21(25)23-12-10-19-18(15-23)9-6-11-22(19)14-17-7-4-3-5-8-17/h3-5,7-8,16,18-20,24H,6,9-15H2,1-2H3. The van der Waals surface area contributed by atoms with Crippen molar-refractivity contribution in [2.45, 2.75) is 58.2 Å². The van der Waals surface area contributed by atoms with Gasteiger partial charge in [-0.25, -0.2) is 0 Å². The Morgan fingerprint density at radius 2 is 1.96 bits per heavy atom. The molecule has 0 radical (unpaired) electrons. The molecule has 0 saturated carbocycles. The summed E-state index contributed by atoms with van der Waals surface area (Å²) in [4.78, 5) is 17.1. The van der Waals surface area contributed by atoms with Crippen LogP contribution in [0.1, 0.15) is 45.1 Å². The predicted molar refractivity (Wildman–Crippen MR) is 100 cm³/mol. The summed E-state index contributed by atoms with van der Waals surface area (Å²) >= 11 is 0. The highest BCUT2D eigenvalue weighted by atomic mass is 16.3. The first-order valence-corrected chi connectivity index (χ1v) is 9.78. The second-order valence-corrected chi connectivity index (χ2v) is 8.07. The molecular weight excluding hydrogens is 312 g/mol. The average Bonchev–Trinajstić information content (AvgIpc) is 2.62. The number of carbonyl (C=O) groups is 1. The number of aliphatic hydroxyl groups excluding tert-OH is 1. The zero-order valence-corrected chi connectivity index (χ0v) is 15.6. The van der Waals surface area contributed by atoms with E-state index in [0.29, 0.717) is 12.0 Å². The highest BCUT2D eigenvalue weighted by Gasteiger charge is 2.37. The first-order valence-electron chi connectivity index (χ1n) is 9.78. The van der Waals surface area contributed by atoms with Gasteiger partial charge in [-0.3, -0.25) is 9.69 Å². The van der Waals surface area contributed by atoms with Crippen LogP contribution in [0.4, 0.5) is 0 Å². The second kappa shape index (κ2) is 8.33. The van der Waals surface area contributed by atoms with Crippen molar-refractivity contribution in [3.63, 3.8) is 0 Å². The van der Waals surface area contributed by atoms with E-state index in [1.165, 1.54) is 18.4 Å². The first kappa shape index (κ1) is 18.4. The molecule has 3 unspecified atom stereocenters. The predicted octanol–water partition coefficient (Wildman–Crippen LogP) is 2.91. The lowest BCUT2D eigenvalue weighted by molar-refractivity contribution is -0.137. The van der Waals surface area contributed by atoms with Crippen LogP contribution in [0.3, 0.4) is 0 Å². The van der Waals surface area contributed by atoms with Crippen molar-refractivity contribution < 1.29 is 9.90 Å². The van der Waals surface area contributed by atoms with E-state index in [-0.39, 0.29) is 18.2 Å². The van der Waals surface area contributed by atoms with Crippen molar-refractivity contribution in [1.29, 1.82) is 0 Å². The van der Waals surface area contributed by atoms with Crippen molar-refractivity contribution in [2.75, 3.05) is 19.6 Å². The van der Waals surface area contributed by atoms with E-state index in [1.807, 2.05) is 18.7 Å². The molecule has 0 aliphatic carbocycles. The van der Waals surface area contributed by atoms with Gasteiger partial charge in [0.2, 0.25) is 5.91 Å². The highest BCUT2D eigenvalue weighted by Crippen LogP contribution is 2.32. The third-order valence-electron chi connectivity index (χ3n) is 5.92. The van der Waals surface area contributed by atoms with Crippen LogP contribution in [0.15, 0.2) is 30.3 Å². The fraction of sp³-hybridized carbons (Fsp3) is 0.667. The fourth-order valence-corrected chi connectivity index (χ4v) is 4.29. The Hall–Kier alpha value is -1.39. The molecular formula is C21H32N2O2. The lowest BCUT2D eigenvalue weighted by Gasteiger charge is -2.47. The number of amides is 1. The number of carbonyl (C=O) groups excluding carboxylic acids is 1. The molecule has 138 valence electrons. The van der Waals surface area contributed by atoms with Crippen LogP contribution >= 0.6 is 0 Å². The third kappa shape index (κ3) is 4.62. The number of piperidine rings is 2. The van der Waals surface area contributed by atoms with Gasteiger partial charge in [-0.15, -0.1) is 0 Å². The Morgan fingerprint density at radius 1 is 1.20 bits per heavy atom. The number of hydrogen-bond donors (Lipinski definition) is 1. The van der Waals surface area contributed by atoms with Gasteiger partial charge in [0.1, 0.15) is 0 Å². The van der Waals surface area contributed by atoms with E-state index in [2.05, 4.69) is 35.2 Å². The molecule has 1 aromatic rings. The Morgan fingerprint density at radius 3 is 2.68 bits per heavy atom. The summed E-state index contributed by atoms with van der Waals surface area (Å²) in [7, 11) is 0. The minimum Gasteiger partial charge on any atom is -0.392 e. The van der Waals surface area contributed by atoms with Gasteiger partial charge in [0.05, 0.1) is 12.5 Å². The summed E-state index contributed by atoms with van der Waals surface area (Å²) in [5.41, 5.74) is 1.38. The zero-order chi connectivity index (χ0) is 17.8. The second-order valence-electron chi connectivity index (χ2n) is 8.07. The smallest absolute Gasteiger partial charge is 0.225 e. The minimum absolute atomic E-state index is 0.125. The SMILES string of the molecule is CC(C)C(O)CC(=O)N1CCC2C(CCCN2Cc2ccccc2)C1. The van der Waals surface area contributed by atoms with Crippen molar-refractivity contribution in [3.8, 4) is 0 Å². The number of aliphatic hydroxyl groups is 1. The molecule has 0 aromatic heterocycles. The summed E-state index contributed by atoms with van der Waals surface area (Å²) in [6.45, 7) is 7.80. The number of rotatable bonds is 5. The van der Waals surface area contributed by atoms with Crippen LogP contribution in [0.25, 0.3) is 0 Å². The summed E-state index contributed by atoms with van der Waals surface area (Å²) in [6.07, 6.45) is 3.23. The summed E-state index contributed by atoms with van der Waals surface area (Å²) in [5, 5.41) is 10.0. The molecule has 2 heterocycles. The van der Waals surface area contributed by atoms with Gasteiger partial charge >= 0.3 is 0 Å². The number of nitrogens with zero attached hydrogens (tertiary/aromatic N) is 2. The van der Waals surface area contributed by atoms with Gasteiger partial charge in [0, 0.05) is 25.7 Å².